The fraction of sp³-hybridized carbons (Fsp3) is 0.833. The highest BCUT2D eigenvalue weighted by molar-refractivity contribution is 5.75. The summed E-state index contributed by atoms with van der Waals surface area (Å²) in [6.45, 7) is 3.11. The van der Waals surface area contributed by atoms with Crippen LogP contribution in [0.3, 0.4) is 0 Å². The molecule has 0 radical (unpaired) electrons. The molecule has 0 heterocycles. The summed E-state index contributed by atoms with van der Waals surface area (Å²) in [4.78, 5) is 22.0. The summed E-state index contributed by atoms with van der Waals surface area (Å²) < 4.78 is 5.31. The summed E-state index contributed by atoms with van der Waals surface area (Å²) in [7, 11) is 0. The molecule has 0 aromatic heterocycles. The lowest BCUT2D eigenvalue weighted by Crippen LogP contribution is -2.29. The second kappa shape index (κ2) is 3.95. The molecule has 2 bridgehead atoms. The minimum absolute atomic E-state index is 0.0885. The standard InChI is InChI=1S/C12H18O3/c1-7(13)3-10-4-9-5-11(10)12(6-9)15-8(2)14/h9-12H,3-6H2,1-2H3/t9-,10+,11+,12-/m1/s1. The van der Waals surface area contributed by atoms with Gasteiger partial charge in [-0.3, -0.25) is 4.79 Å². The van der Waals surface area contributed by atoms with Crippen LogP contribution in [0.15, 0.2) is 0 Å². The summed E-state index contributed by atoms with van der Waals surface area (Å²) in [5.74, 6) is 1.67. The minimum atomic E-state index is -0.186. The first-order valence-corrected chi connectivity index (χ1v) is 5.73. The van der Waals surface area contributed by atoms with E-state index < -0.39 is 0 Å². The third-order valence-electron chi connectivity index (χ3n) is 3.76. The van der Waals surface area contributed by atoms with E-state index in [1.165, 1.54) is 6.92 Å². The maximum Gasteiger partial charge on any atom is 0.302 e. The van der Waals surface area contributed by atoms with Crippen molar-refractivity contribution in [2.24, 2.45) is 17.8 Å². The molecule has 0 aromatic rings. The smallest absolute Gasteiger partial charge is 0.302 e. The number of Topliss-reactive ketones (excluding diaryl/α,β-unsaturated/α-hetero) is 1. The lowest BCUT2D eigenvalue weighted by atomic mass is 9.83. The van der Waals surface area contributed by atoms with Gasteiger partial charge in [-0.05, 0) is 43.9 Å². The monoisotopic (exact) mass is 210 g/mol. The van der Waals surface area contributed by atoms with Crippen molar-refractivity contribution < 1.29 is 14.3 Å². The number of hydrogen-bond donors (Lipinski definition) is 0. The third kappa shape index (κ3) is 2.21. The number of fused-ring (bicyclic) bond motifs is 2. The first kappa shape index (κ1) is 10.7. The number of esters is 1. The van der Waals surface area contributed by atoms with Gasteiger partial charge in [0.15, 0.2) is 0 Å². The first-order chi connectivity index (χ1) is 7.06. The van der Waals surface area contributed by atoms with Crippen molar-refractivity contribution >= 4 is 11.8 Å². The van der Waals surface area contributed by atoms with Crippen LogP contribution in [0.1, 0.15) is 39.5 Å². The van der Waals surface area contributed by atoms with E-state index in [-0.39, 0.29) is 17.9 Å². The van der Waals surface area contributed by atoms with Gasteiger partial charge in [-0.15, -0.1) is 0 Å². The molecule has 2 aliphatic carbocycles. The molecule has 4 atom stereocenters. The highest BCUT2D eigenvalue weighted by Crippen LogP contribution is 2.50. The number of hydrogen-bond acceptors (Lipinski definition) is 3. The van der Waals surface area contributed by atoms with Crippen molar-refractivity contribution in [3.8, 4) is 0 Å². The molecule has 0 aliphatic heterocycles. The van der Waals surface area contributed by atoms with E-state index in [0.29, 0.717) is 24.2 Å². The maximum atomic E-state index is 11.1. The SMILES string of the molecule is CC(=O)C[C@H]1C[C@@H]2C[C@@H]1[C@H](OC(C)=O)C2. The average Bonchev–Trinajstić information content (AvgIpc) is 2.59. The second-order valence-corrected chi connectivity index (χ2v) is 5.05. The fourth-order valence-corrected chi connectivity index (χ4v) is 3.38. The molecule has 15 heavy (non-hydrogen) atoms. The van der Waals surface area contributed by atoms with Crippen LogP contribution in [0, 0.1) is 17.8 Å². The lowest BCUT2D eigenvalue weighted by Gasteiger charge is -2.28. The fourth-order valence-electron chi connectivity index (χ4n) is 3.38. The van der Waals surface area contributed by atoms with Gasteiger partial charge in [-0.25, -0.2) is 0 Å². The zero-order valence-electron chi connectivity index (χ0n) is 9.36. The Bertz CT molecular complexity index is 259. The van der Waals surface area contributed by atoms with Crippen LogP contribution in [-0.2, 0) is 14.3 Å². The van der Waals surface area contributed by atoms with Gasteiger partial charge in [-0.1, -0.05) is 0 Å². The number of carbonyl (C=O) groups excluding carboxylic acids is 2. The quantitative estimate of drug-likeness (QED) is 0.669. The van der Waals surface area contributed by atoms with Gasteiger partial charge >= 0.3 is 5.97 Å². The molecule has 0 amide bonds. The van der Waals surface area contributed by atoms with Crippen LogP contribution in [0.25, 0.3) is 0 Å². The molecule has 84 valence electrons. The number of ketones is 1. The highest BCUT2D eigenvalue weighted by atomic mass is 16.5. The van der Waals surface area contributed by atoms with Gasteiger partial charge < -0.3 is 9.53 Å². The molecule has 0 spiro atoms. The van der Waals surface area contributed by atoms with E-state index in [9.17, 15) is 9.59 Å². The maximum absolute atomic E-state index is 11.1. The van der Waals surface area contributed by atoms with Crippen molar-refractivity contribution in [2.45, 2.75) is 45.6 Å². The van der Waals surface area contributed by atoms with Gasteiger partial charge in [0.25, 0.3) is 0 Å². The molecule has 0 N–H and O–H groups in total. The number of rotatable bonds is 3. The predicted octanol–water partition coefficient (Wildman–Crippen LogP) is 1.94. The Morgan fingerprint density at radius 2 is 1.93 bits per heavy atom. The molecule has 2 rings (SSSR count). The zero-order chi connectivity index (χ0) is 11.0. The van der Waals surface area contributed by atoms with E-state index in [1.807, 2.05) is 0 Å². The molecule has 0 saturated heterocycles. The summed E-state index contributed by atoms with van der Waals surface area (Å²) in [6.07, 6.45) is 4.07. The van der Waals surface area contributed by atoms with E-state index in [2.05, 4.69) is 0 Å². The van der Waals surface area contributed by atoms with Crippen LogP contribution in [0.4, 0.5) is 0 Å². The average molecular weight is 210 g/mol. The van der Waals surface area contributed by atoms with Gasteiger partial charge in [-0.2, -0.15) is 0 Å². The van der Waals surface area contributed by atoms with Crippen LogP contribution in [0.2, 0.25) is 0 Å². The number of ether oxygens (including phenoxy) is 1. The Hall–Kier alpha value is -0.860. The Balaban J connectivity index is 1.96. The Kier molecular flexibility index (Phi) is 2.81. The topological polar surface area (TPSA) is 43.4 Å². The molecule has 2 saturated carbocycles. The van der Waals surface area contributed by atoms with Crippen LogP contribution >= 0.6 is 0 Å². The molecule has 2 aliphatic rings. The Morgan fingerprint density at radius 3 is 2.47 bits per heavy atom. The van der Waals surface area contributed by atoms with E-state index in [4.69, 9.17) is 4.74 Å². The second-order valence-electron chi connectivity index (χ2n) is 5.05. The first-order valence-electron chi connectivity index (χ1n) is 5.73. The van der Waals surface area contributed by atoms with Gasteiger partial charge in [0.05, 0.1) is 0 Å². The van der Waals surface area contributed by atoms with Crippen LogP contribution in [-0.4, -0.2) is 17.9 Å². The lowest BCUT2D eigenvalue weighted by molar-refractivity contribution is -0.149. The minimum Gasteiger partial charge on any atom is -0.462 e. The van der Waals surface area contributed by atoms with Crippen LogP contribution in [0.5, 0.6) is 0 Å². The normalized spacial score (nSPS) is 38.0. The molecule has 3 nitrogen and oxygen atoms in total. The highest BCUT2D eigenvalue weighted by Gasteiger charge is 2.47. The van der Waals surface area contributed by atoms with Crippen molar-refractivity contribution in [2.75, 3.05) is 0 Å². The van der Waals surface area contributed by atoms with Crippen molar-refractivity contribution in [1.29, 1.82) is 0 Å². The van der Waals surface area contributed by atoms with Gasteiger partial charge in [0.2, 0.25) is 0 Å². The summed E-state index contributed by atoms with van der Waals surface area (Å²) in [5, 5.41) is 0. The van der Waals surface area contributed by atoms with Gasteiger partial charge in [0.1, 0.15) is 11.9 Å². The molecule has 2 fully saturated rings. The zero-order valence-corrected chi connectivity index (χ0v) is 9.36. The molecule has 0 unspecified atom stereocenters. The summed E-state index contributed by atoms with van der Waals surface area (Å²) >= 11 is 0. The molecular weight excluding hydrogens is 192 g/mol. The summed E-state index contributed by atoms with van der Waals surface area (Å²) in [5.41, 5.74) is 0. The predicted molar refractivity (Wildman–Crippen MR) is 55.2 cm³/mol. The number of carbonyl (C=O) groups is 2. The van der Waals surface area contributed by atoms with E-state index >= 15 is 0 Å². The Labute approximate surface area is 90.2 Å². The van der Waals surface area contributed by atoms with Crippen molar-refractivity contribution in [1.82, 2.24) is 0 Å². The van der Waals surface area contributed by atoms with Crippen molar-refractivity contribution in [3.05, 3.63) is 0 Å². The molecular formula is C12H18O3. The van der Waals surface area contributed by atoms with E-state index in [1.54, 1.807) is 6.92 Å². The molecule has 3 heteroatoms. The third-order valence-corrected chi connectivity index (χ3v) is 3.76. The summed E-state index contributed by atoms with van der Waals surface area (Å²) in [6, 6.07) is 0. The molecule has 0 aromatic carbocycles. The van der Waals surface area contributed by atoms with Crippen LogP contribution < -0.4 is 0 Å². The van der Waals surface area contributed by atoms with E-state index in [0.717, 1.165) is 19.3 Å². The van der Waals surface area contributed by atoms with Gasteiger partial charge in [0, 0.05) is 13.3 Å². The largest absolute Gasteiger partial charge is 0.462 e. The van der Waals surface area contributed by atoms with Crippen molar-refractivity contribution in [3.63, 3.8) is 0 Å². The Morgan fingerprint density at radius 1 is 1.20 bits per heavy atom.